The highest BCUT2D eigenvalue weighted by Gasteiger charge is 2.43. The molecule has 0 radical (unpaired) electrons. The average molecular weight is 160 g/mol. The first-order valence-corrected chi connectivity index (χ1v) is 3.99. The van der Waals surface area contributed by atoms with Crippen LogP contribution in [0.25, 0.3) is 0 Å². The summed E-state index contributed by atoms with van der Waals surface area (Å²) in [6.45, 7) is 6.24. The minimum atomic E-state index is -0.529. The van der Waals surface area contributed by atoms with Crippen LogP contribution in [-0.4, -0.2) is 29.7 Å². The molecule has 0 amide bonds. The van der Waals surface area contributed by atoms with E-state index in [0.29, 0.717) is 6.61 Å². The highest BCUT2D eigenvalue weighted by Crippen LogP contribution is 2.32. The van der Waals surface area contributed by atoms with Crippen molar-refractivity contribution in [1.29, 1.82) is 0 Å². The van der Waals surface area contributed by atoms with Crippen LogP contribution >= 0.6 is 0 Å². The zero-order valence-electron chi connectivity index (χ0n) is 7.39. The third-order valence-corrected chi connectivity index (χ3v) is 2.08. The van der Waals surface area contributed by atoms with E-state index in [1.165, 1.54) is 0 Å². The first-order chi connectivity index (χ1) is 5.04. The third kappa shape index (κ3) is 1.72. The summed E-state index contributed by atoms with van der Waals surface area (Å²) in [4.78, 5) is 0. The maximum Gasteiger partial charge on any atom is 0.163 e. The lowest BCUT2D eigenvalue weighted by atomic mass is 10.0. The van der Waals surface area contributed by atoms with Crippen LogP contribution in [0.2, 0.25) is 0 Å². The van der Waals surface area contributed by atoms with Crippen LogP contribution < -0.4 is 0 Å². The molecule has 1 rings (SSSR count). The number of aliphatic hydroxyl groups is 1. The molecule has 1 N–H and O–H groups in total. The molecule has 0 aromatic heterocycles. The van der Waals surface area contributed by atoms with Gasteiger partial charge >= 0.3 is 0 Å². The molecule has 1 fully saturated rings. The Hall–Kier alpha value is -0.120. The van der Waals surface area contributed by atoms with Crippen LogP contribution in [0.5, 0.6) is 0 Å². The lowest BCUT2D eigenvalue weighted by molar-refractivity contribution is -0.169. The summed E-state index contributed by atoms with van der Waals surface area (Å²) in [7, 11) is 0. The van der Waals surface area contributed by atoms with Gasteiger partial charge < -0.3 is 14.6 Å². The first kappa shape index (κ1) is 8.97. The minimum absolute atomic E-state index is 0.0347. The molecule has 0 aromatic rings. The van der Waals surface area contributed by atoms with Gasteiger partial charge in [0.05, 0.1) is 13.2 Å². The summed E-state index contributed by atoms with van der Waals surface area (Å²) in [5.41, 5.74) is -0.455. The fraction of sp³-hybridized carbons (Fsp3) is 1.00. The van der Waals surface area contributed by atoms with Gasteiger partial charge in [-0.1, -0.05) is 6.92 Å². The molecule has 11 heavy (non-hydrogen) atoms. The van der Waals surface area contributed by atoms with E-state index in [1.54, 1.807) is 0 Å². The molecular formula is C8H16O3. The molecular weight excluding hydrogens is 144 g/mol. The summed E-state index contributed by atoms with van der Waals surface area (Å²) < 4.78 is 10.9. The SMILES string of the molecule is CCC1(CO)COC(C)(C)O1. The average Bonchev–Trinajstić information content (AvgIpc) is 2.28. The summed E-state index contributed by atoms with van der Waals surface area (Å²) in [6.07, 6.45) is 0.785. The predicted molar refractivity (Wildman–Crippen MR) is 41.2 cm³/mol. The van der Waals surface area contributed by atoms with Crippen molar-refractivity contribution in [2.45, 2.75) is 38.6 Å². The Morgan fingerprint density at radius 1 is 1.45 bits per heavy atom. The number of hydrogen-bond acceptors (Lipinski definition) is 3. The number of hydrogen-bond donors (Lipinski definition) is 1. The Balaban J connectivity index is 2.62. The molecule has 3 nitrogen and oxygen atoms in total. The Kier molecular flexibility index (Phi) is 2.23. The Labute approximate surface area is 67.3 Å². The number of ether oxygens (including phenoxy) is 2. The van der Waals surface area contributed by atoms with Gasteiger partial charge in [0.1, 0.15) is 5.60 Å². The van der Waals surface area contributed by atoms with Crippen molar-refractivity contribution in [3.05, 3.63) is 0 Å². The van der Waals surface area contributed by atoms with Crippen LogP contribution in [0, 0.1) is 0 Å². The minimum Gasteiger partial charge on any atom is -0.393 e. The van der Waals surface area contributed by atoms with Gasteiger partial charge in [0.25, 0.3) is 0 Å². The van der Waals surface area contributed by atoms with Crippen LogP contribution in [-0.2, 0) is 9.47 Å². The number of aliphatic hydroxyl groups excluding tert-OH is 1. The third-order valence-electron chi connectivity index (χ3n) is 2.08. The van der Waals surface area contributed by atoms with Crippen LogP contribution in [0.15, 0.2) is 0 Å². The number of rotatable bonds is 2. The standard InChI is InChI=1S/C8H16O3/c1-4-8(5-9)6-10-7(2,3)11-8/h9H,4-6H2,1-3H3. The van der Waals surface area contributed by atoms with E-state index in [0.717, 1.165) is 6.42 Å². The van der Waals surface area contributed by atoms with Crippen molar-refractivity contribution < 1.29 is 14.6 Å². The molecule has 1 aliphatic heterocycles. The van der Waals surface area contributed by atoms with E-state index in [1.807, 2.05) is 20.8 Å². The predicted octanol–water partition coefficient (Wildman–Crippen LogP) is 0.910. The van der Waals surface area contributed by atoms with Gasteiger partial charge in [-0.25, -0.2) is 0 Å². The van der Waals surface area contributed by atoms with Crippen molar-refractivity contribution in [3.63, 3.8) is 0 Å². The second kappa shape index (κ2) is 2.73. The summed E-state index contributed by atoms with van der Waals surface area (Å²) in [5.74, 6) is -0.529. The van der Waals surface area contributed by atoms with E-state index >= 15 is 0 Å². The Morgan fingerprint density at radius 2 is 2.09 bits per heavy atom. The molecule has 1 atom stereocenters. The largest absolute Gasteiger partial charge is 0.393 e. The monoisotopic (exact) mass is 160 g/mol. The molecule has 0 bridgehead atoms. The molecule has 0 saturated carbocycles. The topological polar surface area (TPSA) is 38.7 Å². The van der Waals surface area contributed by atoms with Crippen LogP contribution in [0.1, 0.15) is 27.2 Å². The zero-order chi connectivity index (χ0) is 8.54. The van der Waals surface area contributed by atoms with Crippen molar-refractivity contribution in [2.75, 3.05) is 13.2 Å². The van der Waals surface area contributed by atoms with Gasteiger partial charge in [-0.2, -0.15) is 0 Å². The lowest BCUT2D eigenvalue weighted by Crippen LogP contribution is -2.37. The van der Waals surface area contributed by atoms with Crippen LogP contribution in [0.4, 0.5) is 0 Å². The van der Waals surface area contributed by atoms with E-state index in [9.17, 15) is 0 Å². The van der Waals surface area contributed by atoms with E-state index < -0.39 is 11.4 Å². The maximum absolute atomic E-state index is 9.04. The molecule has 0 aliphatic carbocycles. The van der Waals surface area contributed by atoms with Gasteiger partial charge in [-0.15, -0.1) is 0 Å². The molecule has 0 aromatic carbocycles. The van der Waals surface area contributed by atoms with Crippen LogP contribution in [0.3, 0.4) is 0 Å². The van der Waals surface area contributed by atoms with Gasteiger partial charge in [-0.05, 0) is 20.3 Å². The maximum atomic E-state index is 9.04. The second-order valence-electron chi connectivity index (χ2n) is 3.49. The van der Waals surface area contributed by atoms with Gasteiger partial charge in [0, 0.05) is 0 Å². The quantitative estimate of drug-likeness (QED) is 0.652. The van der Waals surface area contributed by atoms with Gasteiger partial charge in [0.15, 0.2) is 5.79 Å². The lowest BCUT2D eigenvalue weighted by Gasteiger charge is -2.25. The summed E-state index contributed by atoms with van der Waals surface area (Å²) in [6, 6.07) is 0. The van der Waals surface area contributed by atoms with Crippen molar-refractivity contribution in [2.24, 2.45) is 0 Å². The first-order valence-electron chi connectivity index (χ1n) is 3.99. The van der Waals surface area contributed by atoms with Gasteiger partial charge in [0.2, 0.25) is 0 Å². The molecule has 0 spiro atoms. The normalized spacial score (nSPS) is 36.0. The molecule has 3 heteroatoms. The van der Waals surface area contributed by atoms with E-state index in [-0.39, 0.29) is 6.61 Å². The fourth-order valence-corrected chi connectivity index (χ4v) is 1.25. The molecule has 1 aliphatic rings. The van der Waals surface area contributed by atoms with E-state index in [4.69, 9.17) is 14.6 Å². The molecule has 1 saturated heterocycles. The fourth-order valence-electron chi connectivity index (χ4n) is 1.25. The Morgan fingerprint density at radius 3 is 2.27 bits per heavy atom. The molecule has 66 valence electrons. The highest BCUT2D eigenvalue weighted by molar-refractivity contribution is 4.85. The highest BCUT2D eigenvalue weighted by atomic mass is 16.8. The molecule has 1 unspecified atom stereocenters. The second-order valence-corrected chi connectivity index (χ2v) is 3.49. The van der Waals surface area contributed by atoms with Gasteiger partial charge in [-0.3, -0.25) is 0 Å². The van der Waals surface area contributed by atoms with E-state index in [2.05, 4.69) is 0 Å². The smallest absolute Gasteiger partial charge is 0.163 e. The Bertz CT molecular complexity index is 138. The van der Waals surface area contributed by atoms with Crippen molar-refractivity contribution >= 4 is 0 Å². The van der Waals surface area contributed by atoms with Crippen molar-refractivity contribution in [1.82, 2.24) is 0 Å². The zero-order valence-corrected chi connectivity index (χ0v) is 7.39. The summed E-state index contributed by atoms with van der Waals surface area (Å²) >= 11 is 0. The molecule has 1 heterocycles. The van der Waals surface area contributed by atoms with Crippen molar-refractivity contribution in [3.8, 4) is 0 Å². The summed E-state index contributed by atoms with van der Waals surface area (Å²) in [5, 5.41) is 9.04.